The van der Waals surface area contributed by atoms with Gasteiger partial charge < -0.3 is 19.6 Å². The van der Waals surface area contributed by atoms with Crippen LogP contribution in [-0.4, -0.2) is 35.3 Å². The van der Waals surface area contributed by atoms with Crippen LogP contribution in [0.3, 0.4) is 0 Å². The van der Waals surface area contributed by atoms with Crippen molar-refractivity contribution in [3.8, 4) is 0 Å². The lowest BCUT2D eigenvalue weighted by Crippen LogP contribution is -2.41. The Morgan fingerprint density at radius 3 is 2.92 bits per heavy atom. The Morgan fingerprint density at radius 2 is 2.21 bits per heavy atom. The van der Waals surface area contributed by atoms with Crippen molar-refractivity contribution in [2.24, 2.45) is 5.92 Å². The Balaban J connectivity index is 1.68. The molecular formula is C17H21N3O4. The molecule has 0 radical (unpaired) electrons. The zero-order valence-corrected chi connectivity index (χ0v) is 13.8. The van der Waals surface area contributed by atoms with Gasteiger partial charge in [-0.25, -0.2) is 0 Å². The molecule has 24 heavy (non-hydrogen) atoms. The average molecular weight is 331 g/mol. The first-order valence-electron chi connectivity index (χ1n) is 8.09. The van der Waals surface area contributed by atoms with E-state index in [1.807, 2.05) is 19.9 Å². The summed E-state index contributed by atoms with van der Waals surface area (Å²) in [6.45, 7) is 4.80. The van der Waals surface area contributed by atoms with Gasteiger partial charge in [0.15, 0.2) is 0 Å². The largest absolute Gasteiger partial charge is 0.379 e. The molecule has 0 saturated carbocycles. The Labute approximate surface area is 139 Å². The molecule has 0 bridgehead atoms. The predicted octanol–water partition coefficient (Wildman–Crippen LogP) is 1.22. The molecule has 3 heterocycles. The number of H-pyrrole nitrogens is 1. The van der Waals surface area contributed by atoms with Crippen LogP contribution in [0.4, 0.5) is 0 Å². The number of amides is 1. The second-order valence-corrected chi connectivity index (χ2v) is 6.13. The molecule has 1 saturated heterocycles. The smallest absolute Gasteiger partial charge is 0.251 e. The summed E-state index contributed by atoms with van der Waals surface area (Å²) >= 11 is 0. The Bertz CT molecular complexity index is 780. The summed E-state index contributed by atoms with van der Waals surface area (Å²) in [5.74, 6) is 0.644. The van der Waals surface area contributed by atoms with E-state index >= 15 is 0 Å². The number of aryl methyl sites for hydroxylation is 2. The van der Waals surface area contributed by atoms with E-state index in [2.05, 4.69) is 15.5 Å². The van der Waals surface area contributed by atoms with E-state index in [0.29, 0.717) is 31.6 Å². The van der Waals surface area contributed by atoms with Gasteiger partial charge >= 0.3 is 0 Å². The Hall–Kier alpha value is -2.41. The molecule has 0 aromatic carbocycles. The van der Waals surface area contributed by atoms with E-state index in [-0.39, 0.29) is 23.4 Å². The summed E-state index contributed by atoms with van der Waals surface area (Å²) in [6, 6.07) is 4.80. The Kier molecular flexibility index (Phi) is 4.80. The molecule has 0 unspecified atom stereocenters. The minimum absolute atomic E-state index is 0.118. The first kappa shape index (κ1) is 16.4. The number of rotatable bonds is 5. The molecule has 1 aliphatic heterocycles. The van der Waals surface area contributed by atoms with Gasteiger partial charge in [-0.3, -0.25) is 9.59 Å². The maximum absolute atomic E-state index is 12.5. The molecule has 2 N–H and O–H groups in total. The minimum atomic E-state index is -0.268. The summed E-state index contributed by atoms with van der Waals surface area (Å²) in [4.78, 5) is 26.8. The van der Waals surface area contributed by atoms with Crippen LogP contribution >= 0.6 is 0 Å². The molecule has 2 aromatic rings. The van der Waals surface area contributed by atoms with Crippen LogP contribution in [0, 0.1) is 12.8 Å². The second-order valence-electron chi connectivity index (χ2n) is 6.13. The average Bonchev–Trinajstić information content (AvgIpc) is 3.16. The SMILES string of the molecule is CCc1cc(C(=O)N[C@H]2COC[C@H]2Cc2cc(C)no2)cc(=O)[nH]1. The highest BCUT2D eigenvalue weighted by Gasteiger charge is 2.31. The van der Waals surface area contributed by atoms with E-state index < -0.39 is 0 Å². The van der Waals surface area contributed by atoms with Crippen molar-refractivity contribution < 1.29 is 14.1 Å². The number of hydrogen-bond acceptors (Lipinski definition) is 5. The van der Waals surface area contributed by atoms with Gasteiger partial charge in [0.1, 0.15) is 5.76 Å². The first-order chi connectivity index (χ1) is 11.5. The topological polar surface area (TPSA) is 97.2 Å². The van der Waals surface area contributed by atoms with Crippen molar-refractivity contribution in [2.45, 2.75) is 32.7 Å². The number of aromatic nitrogens is 2. The quantitative estimate of drug-likeness (QED) is 0.858. The van der Waals surface area contributed by atoms with Crippen LogP contribution in [0.1, 0.15) is 34.4 Å². The molecular weight excluding hydrogens is 310 g/mol. The van der Waals surface area contributed by atoms with E-state index in [1.54, 1.807) is 6.07 Å². The van der Waals surface area contributed by atoms with Crippen LogP contribution in [0.15, 0.2) is 27.5 Å². The van der Waals surface area contributed by atoms with E-state index in [9.17, 15) is 9.59 Å². The molecule has 1 aliphatic rings. The maximum Gasteiger partial charge on any atom is 0.251 e. The molecule has 7 nitrogen and oxygen atoms in total. The monoisotopic (exact) mass is 331 g/mol. The summed E-state index contributed by atoms with van der Waals surface area (Å²) in [7, 11) is 0. The fourth-order valence-electron chi connectivity index (χ4n) is 2.90. The van der Waals surface area contributed by atoms with Gasteiger partial charge in [0.2, 0.25) is 5.56 Å². The van der Waals surface area contributed by atoms with Crippen LogP contribution in [0.25, 0.3) is 0 Å². The number of nitrogens with zero attached hydrogens (tertiary/aromatic N) is 1. The second kappa shape index (κ2) is 7.00. The van der Waals surface area contributed by atoms with Crippen molar-refractivity contribution in [2.75, 3.05) is 13.2 Å². The third-order valence-electron chi connectivity index (χ3n) is 4.20. The molecule has 1 amide bonds. The number of carbonyl (C=O) groups excluding carboxylic acids is 1. The van der Waals surface area contributed by atoms with Crippen molar-refractivity contribution in [3.05, 3.63) is 51.3 Å². The number of pyridine rings is 1. The van der Waals surface area contributed by atoms with Gasteiger partial charge in [0.05, 0.1) is 24.9 Å². The lowest BCUT2D eigenvalue weighted by molar-refractivity contribution is 0.0924. The molecule has 128 valence electrons. The minimum Gasteiger partial charge on any atom is -0.379 e. The van der Waals surface area contributed by atoms with E-state index in [1.165, 1.54) is 6.07 Å². The number of aromatic amines is 1. The van der Waals surface area contributed by atoms with Crippen molar-refractivity contribution >= 4 is 5.91 Å². The van der Waals surface area contributed by atoms with Gasteiger partial charge in [0, 0.05) is 35.7 Å². The molecule has 0 spiro atoms. The summed E-state index contributed by atoms with van der Waals surface area (Å²) in [5, 5.41) is 6.85. The van der Waals surface area contributed by atoms with Gasteiger partial charge in [-0.05, 0) is 19.4 Å². The number of ether oxygens (including phenoxy) is 1. The zero-order chi connectivity index (χ0) is 17.1. The molecule has 3 rings (SSSR count). The molecule has 2 atom stereocenters. The van der Waals surface area contributed by atoms with Gasteiger partial charge in [0.25, 0.3) is 5.91 Å². The van der Waals surface area contributed by atoms with Gasteiger partial charge in [-0.1, -0.05) is 12.1 Å². The molecule has 0 aliphatic carbocycles. The fraction of sp³-hybridized carbons (Fsp3) is 0.471. The first-order valence-corrected chi connectivity index (χ1v) is 8.09. The third kappa shape index (κ3) is 3.73. The van der Waals surface area contributed by atoms with Gasteiger partial charge in [-0.2, -0.15) is 0 Å². The van der Waals surface area contributed by atoms with Crippen molar-refractivity contribution in [1.29, 1.82) is 0 Å². The van der Waals surface area contributed by atoms with Crippen LogP contribution in [0.5, 0.6) is 0 Å². The number of hydrogen-bond donors (Lipinski definition) is 2. The predicted molar refractivity (Wildman–Crippen MR) is 86.9 cm³/mol. The summed E-state index contributed by atoms with van der Waals surface area (Å²) < 4.78 is 10.8. The highest BCUT2D eigenvalue weighted by molar-refractivity contribution is 5.94. The van der Waals surface area contributed by atoms with Crippen molar-refractivity contribution in [1.82, 2.24) is 15.5 Å². The molecule has 1 fully saturated rings. The molecule has 2 aromatic heterocycles. The Morgan fingerprint density at radius 1 is 1.38 bits per heavy atom. The maximum atomic E-state index is 12.5. The van der Waals surface area contributed by atoms with E-state index in [4.69, 9.17) is 9.26 Å². The third-order valence-corrected chi connectivity index (χ3v) is 4.20. The van der Waals surface area contributed by atoms with Crippen LogP contribution in [0.2, 0.25) is 0 Å². The highest BCUT2D eigenvalue weighted by Crippen LogP contribution is 2.20. The van der Waals surface area contributed by atoms with Crippen LogP contribution < -0.4 is 10.9 Å². The van der Waals surface area contributed by atoms with Gasteiger partial charge in [-0.15, -0.1) is 0 Å². The summed E-state index contributed by atoms with van der Waals surface area (Å²) in [6.07, 6.45) is 1.32. The summed E-state index contributed by atoms with van der Waals surface area (Å²) in [5.41, 5.74) is 1.68. The number of nitrogens with one attached hydrogen (secondary N) is 2. The lowest BCUT2D eigenvalue weighted by Gasteiger charge is -2.18. The number of carbonyl (C=O) groups is 1. The molecule has 7 heteroatoms. The zero-order valence-electron chi connectivity index (χ0n) is 13.8. The lowest BCUT2D eigenvalue weighted by atomic mass is 9.98. The van der Waals surface area contributed by atoms with E-state index in [0.717, 1.165) is 17.1 Å². The van der Waals surface area contributed by atoms with Crippen molar-refractivity contribution in [3.63, 3.8) is 0 Å². The normalized spacial score (nSPS) is 20.2. The fourth-order valence-corrected chi connectivity index (χ4v) is 2.90. The van der Waals surface area contributed by atoms with Crippen LogP contribution in [-0.2, 0) is 17.6 Å². The standard InChI is InChI=1S/C17H21N3O4/c1-3-13-5-11(7-16(21)18-13)17(22)19-15-9-23-8-12(15)6-14-4-10(2)20-24-14/h4-5,7,12,15H,3,6,8-9H2,1-2H3,(H,18,21)(H,19,22)/t12-,15+/m1/s1. The highest BCUT2D eigenvalue weighted by atomic mass is 16.5.